The van der Waals surface area contributed by atoms with Gasteiger partial charge in [-0.1, -0.05) is 18.2 Å². The summed E-state index contributed by atoms with van der Waals surface area (Å²) in [4.78, 5) is 6.96. The molecule has 1 aliphatic heterocycles. The van der Waals surface area contributed by atoms with Gasteiger partial charge in [-0.25, -0.2) is 0 Å². The number of halogens is 1. The van der Waals surface area contributed by atoms with Gasteiger partial charge in [-0.3, -0.25) is 4.99 Å². The van der Waals surface area contributed by atoms with Gasteiger partial charge >= 0.3 is 0 Å². The van der Waals surface area contributed by atoms with Gasteiger partial charge in [-0.05, 0) is 25.5 Å². The molecule has 2 aromatic rings. The first kappa shape index (κ1) is 20.0. The van der Waals surface area contributed by atoms with E-state index in [1.807, 2.05) is 18.2 Å². The van der Waals surface area contributed by atoms with Gasteiger partial charge in [0.25, 0.3) is 0 Å². The lowest BCUT2D eigenvalue weighted by molar-refractivity contribution is 0.181. The molecule has 0 spiro atoms. The first-order chi connectivity index (χ1) is 11.8. The van der Waals surface area contributed by atoms with E-state index in [-0.39, 0.29) is 24.0 Å². The van der Waals surface area contributed by atoms with Gasteiger partial charge in [-0.2, -0.15) is 0 Å². The van der Waals surface area contributed by atoms with Crippen LogP contribution in [0.5, 0.6) is 0 Å². The van der Waals surface area contributed by atoms with Crippen molar-refractivity contribution in [3.63, 3.8) is 0 Å². The highest BCUT2D eigenvalue weighted by atomic mass is 127. The summed E-state index contributed by atoms with van der Waals surface area (Å²) in [6, 6.07) is 10.2. The summed E-state index contributed by atoms with van der Waals surface area (Å²) in [5.74, 6) is 2.55. The van der Waals surface area contributed by atoms with Crippen LogP contribution in [0.2, 0.25) is 0 Å². The van der Waals surface area contributed by atoms with Gasteiger partial charge in [0.05, 0.1) is 6.61 Å². The van der Waals surface area contributed by atoms with Crippen molar-refractivity contribution in [1.29, 1.82) is 0 Å². The van der Waals surface area contributed by atoms with E-state index in [2.05, 4.69) is 36.3 Å². The van der Waals surface area contributed by atoms with E-state index in [1.54, 1.807) is 0 Å². The molecule has 1 aromatic heterocycles. The van der Waals surface area contributed by atoms with Crippen molar-refractivity contribution in [1.82, 2.24) is 10.2 Å². The van der Waals surface area contributed by atoms with Crippen LogP contribution in [-0.2, 0) is 11.2 Å². The highest BCUT2D eigenvalue weighted by Crippen LogP contribution is 2.19. The number of fused-ring (bicyclic) bond motifs is 1. The Morgan fingerprint density at radius 1 is 1.36 bits per heavy atom. The van der Waals surface area contributed by atoms with Crippen LogP contribution in [0.4, 0.5) is 0 Å². The number of furan rings is 1. The van der Waals surface area contributed by atoms with Crippen LogP contribution in [0.3, 0.4) is 0 Å². The standard InChI is InChI=1S/C19H27N3O2.HI/c1-3-20-19(22(2)13-15-9-11-23-14-15)21-10-8-17-12-16-6-4-5-7-18(16)24-17;/h4-7,12,15H,3,8-11,13-14H2,1-2H3,(H,20,21);1H. The van der Waals surface area contributed by atoms with Crippen LogP contribution in [0, 0.1) is 5.92 Å². The van der Waals surface area contributed by atoms with Gasteiger partial charge in [0.15, 0.2) is 5.96 Å². The van der Waals surface area contributed by atoms with E-state index in [4.69, 9.17) is 14.1 Å². The average molecular weight is 457 g/mol. The molecule has 1 N–H and O–H groups in total. The SMILES string of the molecule is CCNC(=NCCc1cc2ccccc2o1)N(C)CC1CCOC1.I. The third-order valence-corrected chi connectivity index (χ3v) is 4.35. The molecule has 1 fully saturated rings. The maximum Gasteiger partial charge on any atom is 0.193 e. The highest BCUT2D eigenvalue weighted by Gasteiger charge is 2.19. The van der Waals surface area contributed by atoms with Gasteiger partial charge in [0, 0.05) is 51.0 Å². The van der Waals surface area contributed by atoms with Gasteiger partial charge in [0.2, 0.25) is 0 Å². The number of para-hydroxylation sites is 1. The predicted molar refractivity (Wildman–Crippen MR) is 113 cm³/mol. The molecule has 0 amide bonds. The van der Waals surface area contributed by atoms with Crippen LogP contribution in [0.25, 0.3) is 11.0 Å². The Morgan fingerprint density at radius 2 is 2.20 bits per heavy atom. The molecule has 3 rings (SSSR count). The highest BCUT2D eigenvalue weighted by molar-refractivity contribution is 14.0. The van der Waals surface area contributed by atoms with Crippen LogP contribution < -0.4 is 5.32 Å². The fraction of sp³-hybridized carbons (Fsp3) is 0.526. The zero-order chi connectivity index (χ0) is 16.8. The van der Waals surface area contributed by atoms with E-state index in [0.29, 0.717) is 12.5 Å². The van der Waals surface area contributed by atoms with E-state index in [1.165, 1.54) is 0 Å². The van der Waals surface area contributed by atoms with Crippen LogP contribution in [-0.4, -0.2) is 50.8 Å². The molecular formula is C19H28IN3O2. The second-order valence-corrected chi connectivity index (χ2v) is 6.35. The first-order valence-electron chi connectivity index (χ1n) is 8.81. The maximum absolute atomic E-state index is 5.86. The molecule has 1 unspecified atom stereocenters. The molecule has 0 aliphatic carbocycles. The summed E-state index contributed by atoms with van der Waals surface area (Å²) in [6.45, 7) is 6.42. The lowest BCUT2D eigenvalue weighted by Crippen LogP contribution is -2.41. The largest absolute Gasteiger partial charge is 0.461 e. The Labute approximate surface area is 166 Å². The summed E-state index contributed by atoms with van der Waals surface area (Å²) < 4.78 is 11.3. The molecular weight excluding hydrogens is 429 g/mol. The van der Waals surface area contributed by atoms with Crippen molar-refractivity contribution in [2.75, 3.05) is 39.9 Å². The molecule has 2 heterocycles. The molecule has 138 valence electrons. The molecule has 25 heavy (non-hydrogen) atoms. The number of guanidine groups is 1. The normalized spacial score (nSPS) is 17.5. The van der Waals surface area contributed by atoms with Crippen molar-refractivity contribution < 1.29 is 9.15 Å². The fourth-order valence-corrected chi connectivity index (χ4v) is 3.10. The van der Waals surface area contributed by atoms with Crippen molar-refractivity contribution in [3.8, 4) is 0 Å². The third-order valence-electron chi connectivity index (χ3n) is 4.35. The molecule has 1 aromatic carbocycles. The number of aliphatic imine (C=N–C) groups is 1. The van der Waals surface area contributed by atoms with Crippen molar-refractivity contribution in [2.24, 2.45) is 10.9 Å². The lowest BCUT2D eigenvalue weighted by Gasteiger charge is -2.24. The first-order valence-corrected chi connectivity index (χ1v) is 8.81. The number of hydrogen-bond acceptors (Lipinski definition) is 3. The topological polar surface area (TPSA) is 50.0 Å². The smallest absolute Gasteiger partial charge is 0.193 e. The lowest BCUT2D eigenvalue weighted by atomic mass is 10.1. The Balaban J connectivity index is 0.00000225. The number of nitrogens with zero attached hydrogens (tertiary/aromatic N) is 2. The minimum atomic E-state index is 0. The number of ether oxygens (including phenoxy) is 1. The Morgan fingerprint density at radius 3 is 2.92 bits per heavy atom. The molecule has 1 atom stereocenters. The molecule has 0 saturated carbocycles. The number of hydrogen-bond donors (Lipinski definition) is 1. The maximum atomic E-state index is 5.86. The van der Waals surface area contributed by atoms with Crippen molar-refractivity contribution >= 4 is 40.9 Å². The van der Waals surface area contributed by atoms with Crippen molar-refractivity contribution in [2.45, 2.75) is 19.8 Å². The molecule has 1 saturated heterocycles. The van der Waals surface area contributed by atoms with E-state index >= 15 is 0 Å². The molecule has 1 aliphatic rings. The number of nitrogens with one attached hydrogen (secondary N) is 1. The Kier molecular flexibility index (Phi) is 8.02. The van der Waals surface area contributed by atoms with Gasteiger partial charge in [-0.15, -0.1) is 24.0 Å². The third kappa shape index (κ3) is 5.60. The average Bonchev–Trinajstić information content (AvgIpc) is 3.22. The number of benzene rings is 1. The minimum Gasteiger partial charge on any atom is -0.461 e. The molecule has 5 nitrogen and oxygen atoms in total. The van der Waals surface area contributed by atoms with Crippen LogP contribution in [0.15, 0.2) is 39.7 Å². The molecule has 6 heteroatoms. The summed E-state index contributed by atoms with van der Waals surface area (Å²) >= 11 is 0. The Hall–Kier alpha value is -1.28. The van der Waals surface area contributed by atoms with E-state index < -0.39 is 0 Å². The monoisotopic (exact) mass is 457 g/mol. The number of rotatable bonds is 6. The second-order valence-electron chi connectivity index (χ2n) is 6.35. The summed E-state index contributed by atoms with van der Waals surface area (Å²) in [6.07, 6.45) is 1.95. The zero-order valence-electron chi connectivity index (χ0n) is 15.0. The van der Waals surface area contributed by atoms with Crippen LogP contribution >= 0.6 is 24.0 Å². The van der Waals surface area contributed by atoms with Crippen molar-refractivity contribution in [3.05, 3.63) is 36.1 Å². The molecule has 0 radical (unpaired) electrons. The van der Waals surface area contributed by atoms with E-state index in [9.17, 15) is 0 Å². The summed E-state index contributed by atoms with van der Waals surface area (Å²) in [5, 5.41) is 4.53. The van der Waals surface area contributed by atoms with Gasteiger partial charge in [0.1, 0.15) is 11.3 Å². The van der Waals surface area contributed by atoms with E-state index in [0.717, 1.165) is 61.8 Å². The molecule has 0 bridgehead atoms. The fourth-order valence-electron chi connectivity index (χ4n) is 3.10. The van der Waals surface area contributed by atoms with Gasteiger partial charge < -0.3 is 19.4 Å². The quantitative estimate of drug-likeness (QED) is 0.410. The Bertz CT molecular complexity index is 647. The minimum absolute atomic E-state index is 0. The summed E-state index contributed by atoms with van der Waals surface area (Å²) in [5.41, 5.74) is 0.946. The summed E-state index contributed by atoms with van der Waals surface area (Å²) in [7, 11) is 2.10. The second kappa shape index (κ2) is 10.0. The predicted octanol–water partition coefficient (Wildman–Crippen LogP) is 3.53. The zero-order valence-corrected chi connectivity index (χ0v) is 17.4. The van der Waals surface area contributed by atoms with Crippen LogP contribution in [0.1, 0.15) is 19.1 Å².